The Kier molecular flexibility index (Phi) is 15.4. The number of halogens is 1. The highest BCUT2D eigenvalue weighted by Gasteiger charge is 2.09. The Morgan fingerprint density at radius 3 is 2.52 bits per heavy atom. The molecule has 0 bridgehead atoms. The van der Waals surface area contributed by atoms with Crippen molar-refractivity contribution < 1.29 is 9.84 Å². The third-order valence-corrected chi connectivity index (χ3v) is 4.09. The smallest absolute Gasteiger partial charge is 0.191 e. The number of ether oxygens (including phenoxy) is 1. The van der Waals surface area contributed by atoms with E-state index in [-0.39, 0.29) is 30.6 Å². The van der Waals surface area contributed by atoms with E-state index in [4.69, 9.17) is 9.73 Å². The van der Waals surface area contributed by atoms with Crippen molar-refractivity contribution in [1.82, 2.24) is 10.6 Å². The monoisotopic (exact) mass is 491 g/mol. The van der Waals surface area contributed by atoms with Gasteiger partial charge in [-0.3, -0.25) is 0 Å². The van der Waals surface area contributed by atoms with E-state index in [9.17, 15) is 5.11 Å². The zero-order valence-electron chi connectivity index (χ0n) is 17.3. The van der Waals surface area contributed by atoms with Gasteiger partial charge in [-0.25, -0.2) is 4.99 Å². The van der Waals surface area contributed by atoms with E-state index < -0.39 is 0 Å². The van der Waals surface area contributed by atoms with Crippen LogP contribution in [0.1, 0.15) is 52.5 Å². The SMILES string of the molecule is CCCC(CCO)CNC(=NCc1ccccc1OCC(C)C)NCC.I. The Labute approximate surface area is 182 Å². The fourth-order valence-electron chi connectivity index (χ4n) is 2.72. The fraction of sp³-hybridized carbons (Fsp3) is 0.667. The first-order valence-corrected chi connectivity index (χ1v) is 9.94. The lowest BCUT2D eigenvalue weighted by molar-refractivity contribution is 0.251. The summed E-state index contributed by atoms with van der Waals surface area (Å²) in [6.45, 7) is 11.7. The zero-order chi connectivity index (χ0) is 19.2. The van der Waals surface area contributed by atoms with Crippen LogP contribution in [-0.2, 0) is 6.54 Å². The van der Waals surface area contributed by atoms with Gasteiger partial charge in [-0.1, -0.05) is 45.4 Å². The topological polar surface area (TPSA) is 65.9 Å². The van der Waals surface area contributed by atoms with Crippen LogP contribution in [0.5, 0.6) is 5.75 Å². The third kappa shape index (κ3) is 11.4. The molecule has 0 aromatic heterocycles. The number of rotatable bonds is 12. The lowest BCUT2D eigenvalue weighted by Crippen LogP contribution is -2.40. The number of aliphatic imine (C=N–C) groups is 1. The summed E-state index contributed by atoms with van der Waals surface area (Å²) < 4.78 is 5.92. The minimum Gasteiger partial charge on any atom is -0.493 e. The molecular weight excluding hydrogens is 453 g/mol. The van der Waals surface area contributed by atoms with Crippen LogP contribution in [0.2, 0.25) is 0 Å². The average molecular weight is 491 g/mol. The second-order valence-corrected chi connectivity index (χ2v) is 7.06. The molecule has 1 aromatic carbocycles. The number of aliphatic hydroxyl groups is 1. The number of aliphatic hydroxyl groups excluding tert-OH is 1. The number of nitrogens with zero attached hydrogens (tertiary/aromatic N) is 1. The Balaban J connectivity index is 0.00000676. The van der Waals surface area contributed by atoms with E-state index in [2.05, 4.69) is 44.4 Å². The molecule has 0 fully saturated rings. The van der Waals surface area contributed by atoms with Crippen molar-refractivity contribution in [2.24, 2.45) is 16.8 Å². The first-order valence-electron chi connectivity index (χ1n) is 9.94. The van der Waals surface area contributed by atoms with Crippen molar-refractivity contribution in [3.8, 4) is 5.75 Å². The van der Waals surface area contributed by atoms with Gasteiger partial charge in [0.15, 0.2) is 5.96 Å². The molecule has 0 radical (unpaired) electrons. The summed E-state index contributed by atoms with van der Waals surface area (Å²) in [5, 5.41) is 15.9. The summed E-state index contributed by atoms with van der Waals surface area (Å²) in [6, 6.07) is 8.09. The molecule has 3 N–H and O–H groups in total. The van der Waals surface area contributed by atoms with Crippen LogP contribution in [0.3, 0.4) is 0 Å². The highest BCUT2D eigenvalue weighted by atomic mass is 127. The van der Waals surface area contributed by atoms with E-state index in [1.807, 2.05) is 18.2 Å². The number of hydrogen-bond donors (Lipinski definition) is 3. The number of para-hydroxylation sites is 1. The minimum atomic E-state index is 0. The van der Waals surface area contributed by atoms with Crippen molar-refractivity contribution in [2.75, 3.05) is 26.3 Å². The highest BCUT2D eigenvalue weighted by molar-refractivity contribution is 14.0. The van der Waals surface area contributed by atoms with Gasteiger partial charge in [0.25, 0.3) is 0 Å². The lowest BCUT2D eigenvalue weighted by Gasteiger charge is -2.18. The maximum atomic E-state index is 9.22. The molecule has 0 heterocycles. The van der Waals surface area contributed by atoms with Crippen LogP contribution in [0.25, 0.3) is 0 Å². The van der Waals surface area contributed by atoms with E-state index >= 15 is 0 Å². The van der Waals surface area contributed by atoms with E-state index in [0.717, 1.165) is 49.6 Å². The van der Waals surface area contributed by atoms with Gasteiger partial charge < -0.3 is 20.5 Å². The van der Waals surface area contributed by atoms with Crippen LogP contribution in [0.15, 0.2) is 29.3 Å². The highest BCUT2D eigenvalue weighted by Crippen LogP contribution is 2.19. The summed E-state index contributed by atoms with van der Waals surface area (Å²) in [7, 11) is 0. The Morgan fingerprint density at radius 2 is 1.89 bits per heavy atom. The molecule has 27 heavy (non-hydrogen) atoms. The normalized spacial score (nSPS) is 12.4. The van der Waals surface area contributed by atoms with E-state index in [1.54, 1.807) is 0 Å². The first kappa shape index (κ1) is 26.0. The van der Waals surface area contributed by atoms with Crippen LogP contribution < -0.4 is 15.4 Å². The molecule has 0 aliphatic heterocycles. The molecule has 1 atom stereocenters. The quantitative estimate of drug-likeness (QED) is 0.233. The van der Waals surface area contributed by atoms with Crippen molar-refractivity contribution >= 4 is 29.9 Å². The summed E-state index contributed by atoms with van der Waals surface area (Å²) >= 11 is 0. The van der Waals surface area contributed by atoms with Gasteiger partial charge in [-0.05, 0) is 37.7 Å². The predicted octanol–water partition coefficient (Wildman–Crippen LogP) is 4.19. The van der Waals surface area contributed by atoms with Gasteiger partial charge in [0.2, 0.25) is 0 Å². The van der Waals surface area contributed by atoms with Gasteiger partial charge in [0.05, 0.1) is 13.2 Å². The predicted molar refractivity (Wildman–Crippen MR) is 125 cm³/mol. The average Bonchev–Trinajstić information content (AvgIpc) is 2.63. The Bertz CT molecular complexity index is 518. The number of benzene rings is 1. The molecule has 5 nitrogen and oxygen atoms in total. The standard InChI is InChI=1S/C21H37N3O2.HI/c1-5-9-18(12-13-25)14-23-21(22-6-2)24-15-19-10-7-8-11-20(19)26-16-17(3)4;/h7-8,10-11,17-18,25H,5-6,9,12-16H2,1-4H3,(H2,22,23,24);1H. The summed E-state index contributed by atoms with van der Waals surface area (Å²) in [5.41, 5.74) is 1.09. The number of hydrogen-bond acceptors (Lipinski definition) is 3. The Hall–Kier alpha value is -1.02. The van der Waals surface area contributed by atoms with Gasteiger partial charge in [0.1, 0.15) is 5.75 Å². The van der Waals surface area contributed by atoms with Crippen molar-refractivity contribution in [3.63, 3.8) is 0 Å². The van der Waals surface area contributed by atoms with Crippen LogP contribution in [-0.4, -0.2) is 37.4 Å². The summed E-state index contributed by atoms with van der Waals surface area (Å²) in [6.07, 6.45) is 3.06. The van der Waals surface area contributed by atoms with Gasteiger partial charge in [-0.2, -0.15) is 0 Å². The molecule has 6 heteroatoms. The second kappa shape index (κ2) is 16.0. The summed E-state index contributed by atoms with van der Waals surface area (Å²) in [5.74, 6) is 2.68. The van der Waals surface area contributed by atoms with Gasteiger partial charge in [-0.15, -0.1) is 24.0 Å². The molecule has 0 spiro atoms. The fourth-order valence-corrected chi connectivity index (χ4v) is 2.72. The van der Waals surface area contributed by atoms with Crippen molar-refractivity contribution in [2.45, 2.75) is 53.5 Å². The number of guanidine groups is 1. The van der Waals surface area contributed by atoms with Crippen molar-refractivity contribution in [1.29, 1.82) is 0 Å². The van der Waals surface area contributed by atoms with E-state index in [1.165, 1.54) is 0 Å². The molecule has 156 valence electrons. The maximum absolute atomic E-state index is 9.22. The van der Waals surface area contributed by atoms with Gasteiger partial charge >= 0.3 is 0 Å². The third-order valence-electron chi connectivity index (χ3n) is 4.09. The first-order chi connectivity index (χ1) is 12.6. The largest absolute Gasteiger partial charge is 0.493 e. The zero-order valence-corrected chi connectivity index (χ0v) is 19.7. The molecule has 1 rings (SSSR count). The molecule has 1 aromatic rings. The minimum absolute atomic E-state index is 0. The summed E-state index contributed by atoms with van der Waals surface area (Å²) in [4.78, 5) is 4.72. The van der Waals surface area contributed by atoms with E-state index in [0.29, 0.717) is 25.0 Å². The molecule has 0 amide bonds. The van der Waals surface area contributed by atoms with Crippen LogP contribution in [0.4, 0.5) is 0 Å². The molecule has 0 aliphatic carbocycles. The van der Waals surface area contributed by atoms with Gasteiger partial charge in [0, 0.05) is 25.3 Å². The maximum Gasteiger partial charge on any atom is 0.191 e. The molecule has 0 saturated carbocycles. The number of nitrogens with one attached hydrogen (secondary N) is 2. The molecular formula is C21H38IN3O2. The molecule has 0 saturated heterocycles. The van der Waals surface area contributed by atoms with Crippen LogP contribution >= 0.6 is 24.0 Å². The van der Waals surface area contributed by atoms with Crippen LogP contribution in [0, 0.1) is 11.8 Å². The second-order valence-electron chi connectivity index (χ2n) is 7.06. The van der Waals surface area contributed by atoms with Crippen molar-refractivity contribution in [3.05, 3.63) is 29.8 Å². The molecule has 1 unspecified atom stereocenters. The molecule has 0 aliphatic rings. The Morgan fingerprint density at radius 1 is 1.15 bits per heavy atom. The lowest BCUT2D eigenvalue weighted by atomic mass is 10.0.